The number of thioether (sulfide) groups is 1. The highest BCUT2D eigenvalue weighted by molar-refractivity contribution is 8.18. The summed E-state index contributed by atoms with van der Waals surface area (Å²) in [6.07, 6.45) is 2.16. The summed E-state index contributed by atoms with van der Waals surface area (Å²) >= 11 is 0.875. The Hall–Kier alpha value is -2.80. The molecule has 2 N–H and O–H groups in total. The normalized spacial score (nSPS) is 15.6. The number of fused-ring (bicyclic) bond motifs is 1. The van der Waals surface area contributed by atoms with E-state index in [9.17, 15) is 14.4 Å². The van der Waals surface area contributed by atoms with Crippen molar-refractivity contribution < 1.29 is 24.2 Å². The Morgan fingerprint density at radius 3 is 2.60 bits per heavy atom. The van der Waals surface area contributed by atoms with E-state index in [-0.39, 0.29) is 11.7 Å². The lowest BCUT2D eigenvalue weighted by molar-refractivity contribution is -0.137. The first-order valence-electron chi connectivity index (χ1n) is 7.66. The minimum atomic E-state index is -0.850. The third-order valence-electron chi connectivity index (χ3n) is 3.64. The predicted octanol–water partition coefficient (Wildman–Crippen LogP) is 3.41. The topological polar surface area (TPSA) is 92.7 Å². The van der Waals surface area contributed by atoms with E-state index in [2.05, 4.69) is 5.32 Å². The van der Waals surface area contributed by atoms with Crippen LogP contribution in [-0.4, -0.2) is 28.8 Å². The molecule has 6 nitrogen and oxygen atoms in total. The molecule has 2 aromatic carbocycles. The van der Waals surface area contributed by atoms with Gasteiger partial charge in [-0.05, 0) is 41.3 Å². The molecule has 1 heterocycles. The molecule has 0 radical (unpaired) electrons. The Morgan fingerprint density at radius 2 is 1.92 bits per heavy atom. The number of hydrogen-bond donors (Lipinski definition) is 2. The number of rotatable bonds is 6. The molecule has 0 aliphatic carbocycles. The van der Waals surface area contributed by atoms with Gasteiger partial charge in [0.15, 0.2) is 0 Å². The van der Waals surface area contributed by atoms with Gasteiger partial charge in [-0.1, -0.05) is 30.3 Å². The number of aliphatic carboxylic acids is 1. The third-order valence-corrected chi connectivity index (χ3v) is 4.45. The molecule has 0 atom stereocenters. The van der Waals surface area contributed by atoms with Crippen molar-refractivity contribution in [2.75, 3.05) is 6.61 Å². The van der Waals surface area contributed by atoms with E-state index in [0.29, 0.717) is 23.7 Å². The zero-order chi connectivity index (χ0) is 17.8. The molecule has 7 heteroatoms. The predicted molar refractivity (Wildman–Crippen MR) is 95.4 cm³/mol. The number of amides is 2. The van der Waals surface area contributed by atoms with Gasteiger partial charge in [0, 0.05) is 11.8 Å². The molecule has 25 heavy (non-hydrogen) atoms. The van der Waals surface area contributed by atoms with Gasteiger partial charge in [0.25, 0.3) is 11.1 Å². The van der Waals surface area contributed by atoms with Crippen LogP contribution in [0.5, 0.6) is 5.75 Å². The van der Waals surface area contributed by atoms with Crippen LogP contribution in [0.1, 0.15) is 18.4 Å². The number of ether oxygens (including phenoxy) is 1. The largest absolute Gasteiger partial charge is 0.493 e. The van der Waals surface area contributed by atoms with Crippen LogP contribution in [0.3, 0.4) is 0 Å². The molecular weight excluding hydrogens is 342 g/mol. The average molecular weight is 357 g/mol. The van der Waals surface area contributed by atoms with Gasteiger partial charge in [-0.3, -0.25) is 19.7 Å². The molecule has 2 amide bonds. The van der Waals surface area contributed by atoms with Gasteiger partial charge in [-0.15, -0.1) is 0 Å². The second-order valence-electron chi connectivity index (χ2n) is 5.40. The number of carbonyl (C=O) groups excluding carboxylic acids is 2. The van der Waals surface area contributed by atoms with Gasteiger partial charge in [0.05, 0.1) is 11.5 Å². The zero-order valence-corrected chi connectivity index (χ0v) is 14.0. The van der Waals surface area contributed by atoms with Gasteiger partial charge in [-0.25, -0.2) is 0 Å². The summed E-state index contributed by atoms with van der Waals surface area (Å²) in [5.41, 5.74) is 0.806. The standard InChI is InChI=1S/C18H15NO5S/c20-16(21)6-3-9-24-14-8-7-11(12-4-1-2-5-13(12)14)10-15-17(22)19-18(23)25-15/h1-2,4-5,7-8,10H,3,6,9H2,(H,20,21)(H,19,22,23)/b15-10+. The molecule has 1 aliphatic rings. The fourth-order valence-corrected chi connectivity index (χ4v) is 3.19. The average Bonchev–Trinajstić information content (AvgIpc) is 2.90. The molecular formula is C18H15NO5S. The van der Waals surface area contributed by atoms with E-state index in [1.807, 2.05) is 30.3 Å². The summed E-state index contributed by atoms with van der Waals surface area (Å²) in [6.45, 7) is 0.309. The number of carboxylic acid groups (broad SMARTS) is 1. The smallest absolute Gasteiger partial charge is 0.303 e. The van der Waals surface area contributed by atoms with Crippen LogP contribution >= 0.6 is 11.8 Å². The van der Waals surface area contributed by atoms with Crippen molar-refractivity contribution in [3.63, 3.8) is 0 Å². The van der Waals surface area contributed by atoms with Crippen LogP contribution in [-0.2, 0) is 9.59 Å². The molecule has 0 saturated carbocycles. The van der Waals surface area contributed by atoms with E-state index in [1.165, 1.54) is 0 Å². The van der Waals surface area contributed by atoms with E-state index in [0.717, 1.165) is 28.1 Å². The van der Waals surface area contributed by atoms with Crippen LogP contribution < -0.4 is 10.1 Å². The summed E-state index contributed by atoms with van der Waals surface area (Å²) in [5, 5.41) is 12.3. The number of carbonyl (C=O) groups is 3. The SMILES string of the molecule is O=C(O)CCCOc1ccc(/C=C2/SC(=O)NC2=O)c2ccccc12. The Balaban J connectivity index is 1.88. The molecule has 1 fully saturated rings. The zero-order valence-electron chi connectivity index (χ0n) is 13.2. The minimum absolute atomic E-state index is 0.0580. The van der Waals surface area contributed by atoms with Crippen molar-refractivity contribution in [2.45, 2.75) is 12.8 Å². The van der Waals surface area contributed by atoms with Gasteiger partial charge >= 0.3 is 5.97 Å². The second-order valence-corrected chi connectivity index (χ2v) is 6.41. The van der Waals surface area contributed by atoms with E-state index >= 15 is 0 Å². The number of nitrogens with one attached hydrogen (secondary N) is 1. The monoisotopic (exact) mass is 357 g/mol. The van der Waals surface area contributed by atoms with E-state index in [4.69, 9.17) is 9.84 Å². The first-order chi connectivity index (χ1) is 12.0. The summed E-state index contributed by atoms with van der Waals surface area (Å²) in [5.74, 6) is -0.590. The molecule has 0 unspecified atom stereocenters. The number of carboxylic acids is 1. The number of hydrogen-bond acceptors (Lipinski definition) is 5. The first kappa shape index (κ1) is 17.0. The Morgan fingerprint density at radius 1 is 1.16 bits per heavy atom. The quantitative estimate of drug-likeness (QED) is 0.608. The van der Waals surface area contributed by atoms with Crippen LogP contribution in [0, 0.1) is 0 Å². The van der Waals surface area contributed by atoms with E-state index in [1.54, 1.807) is 12.1 Å². The van der Waals surface area contributed by atoms with Crippen LogP contribution in [0.25, 0.3) is 16.8 Å². The number of imide groups is 1. The maximum absolute atomic E-state index is 11.7. The van der Waals surface area contributed by atoms with Crippen molar-refractivity contribution >= 4 is 45.7 Å². The van der Waals surface area contributed by atoms with Crippen molar-refractivity contribution in [2.24, 2.45) is 0 Å². The Labute approximate surface area is 147 Å². The summed E-state index contributed by atoms with van der Waals surface area (Å²) in [6, 6.07) is 11.2. The van der Waals surface area contributed by atoms with Crippen molar-refractivity contribution in [3.05, 3.63) is 46.9 Å². The highest BCUT2D eigenvalue weighted by Crippen LogP contribution is 2.32. The maximum atomic E-state index is 11.7. The lowest BCUT2D eigenvalue weighted by atomic mass is 10.0. The molecule has 0 bridgehead atoms. The van der Waals surface area contributed by atoms with E-state index < -0.39 is 11.9 Å². The molecule has 0 aromatic heterocycles. The summed E-state index contributed by atoms with van der Waals surface area (Å²) in [4.78, 5) is 33.9. The molecule has 3 rings (SSSR count). The lowest BCUT2D eigenvalue weighted by Gasteiger charge is -2.11. The molecule has 1 saturated heterocycles. The molecule has 1 aliphatic heterocycles. The molecule has 0 spiro atoms. The minimum Gasteiger partial charge on any atom is -0.493 e. The highest BCUT2D eigenvalue weighted by Gasteiger charge is 2.25. The van der Waals surface area contributed by atoms with Crippen molar-refractivity contribution in [3.8, 4) is 5.75 Å². The lowest BCUT2D eigenvalue weighted by Crippen LogP contribution is -2.17. The van der Waals surface area contributed by atoms with Gasteiger partial charge < -0.3 is 9.84 Å². The Kier molecular flexibility index (Phi) is 5.04. The molecule has 2 aromatic rings. The molecule has 128 valence electrons. The third kappa shape index (κ3) is 4.00. The fourth-order valence-electron chi connectivity index (χ4n) is 2.51. The Bertz CT molecular complexity index is 890. The maximum Gasteiger partial charge on any atom is 0.303 e. The fraction of sp³-hybridized carbons (Fsp3) is 0.167. The first-order valence-corrected chi connectivity index (χ1v) is 8.47. The summed E-state index contributed by atoms with van der Waals surface area (Å²) < 4.78 is 5.71. The van der Waals surface area contributed by atoms with Gasteiger partial charge in [0.1, 0.15) is 5.75 Å². The van der Waals surface area contributed by atoms with Crippen LogP contribution in [0.15, 0.2) is 41.3 Å². The second kappa shape index (κ2) is 7.40. The van der Waals surface area contributed by atoms with Gasteiger partial charge in [0.2, 0.25) is 0 Å². The van der Waals surface area contributed by atoms with Crippen LogP contribution in [0.4, 0.5) is 4.79 Å². The number of benzene rings is 2. The van der Waals surface area contributed by atoms with Gasteiger partial charge in [-0.2, -0.15) is 0 Å². The highest BCUT2D eigenvalue weighted by atomic mass is 32.2. The van der Waals surface area contributed by atoms with Crippen molar-refractivity contribution in [1.82, 2.24) is 5.32 Å². The van der Waals surface area contributed by atoms with Crippen molar-refractivity contribution in [1.29, 1.82) is 0 Å². The summed E-state index contributed by atoms with van der Waals surface area (Å²) in [7, 11) is 0. The van der Waals surface area contributed by atoms with Crippen LogP contribution in [0.2, 0.25) is 0 Å².